The van der Waals surface area contributed by atoms with Crippen LogP contribution < -0.4 is 0 Å². The highest BCUT2D eigenvalue weighted by molar-refractivity contribution is 5.11. The van der Waals surface area contributed by atoms with Crippen LogP contribution >= 0.6 is 0 Å². The maximum absolute atomic E-state index is 4.72. The number of rotatable bonds is 1. The number of aromatic nitrogens is 1. The largest absolute Gasteiger partial charge is 0.364 e. The third-order valence-electron chi connectivity index (χ3n) is 2.03. The lowest BCUT2D eigenvalue weighted by Gasteiger charge is -2.22. The van der Waals surface area contributed by atoms with E-state index in [1.807, 2.05) is 6.20 Å². The summed E-state index contributed by atoms with van der Waals surface area (Å²) in [5.41, 5.74) is 1.28. The van der Waals surface area contributed by atoms with Gasteiger partial charge in [-0.3, -0.25) is 0 Å². The fourth-order valence-electron chi connectivity index (χ4n) is 1.16. The van der Waals surface area contributed by atoms with E-state index in [4.69, 9.17) is 4.52 Å². The highest BCUT2D eigenvalue weighted by Crippen LogP contribution is 2.35. The Labute approximate surface area is 53.9 Å². The van der Waals surface area contributed by atoms with Gasteiger partial charge in [-0.15, -0.1) is 0 Å². The monoisotopic (exact) mass is 123 g/mol. The Morgan fingerprint density at radius 2 is 2.44 bits per heavy atom. The fourth-order valence-corrected chi connectivity index (χ4v) is 1.16. The van der Waals surface area contributed by atoms with Crippen molar-refractivity contribution in [2.75, 3.05) is 0 Å². The SMILES string of the molecule is c1nocc1C1CCC1. The zero-order valence-corrected chi connectivity index (χ0v) is 5.21. The van der Waals surface area contributed by atoms with E-state index in [9.17, 15) is 0 Å². The Balaban J connectivity index is 2.14. The molecule has 1 aromatic rings. The third kappa shape index (κ3) is 0.745. The summed E-state index contributed by atoms with van der Waals surface area (Å²) in [6.07, 6.45) is 7.59. The third-order valence-corrected chi connectivity index (χ3v) is 2.03. The molecule has 0 spiro atoms. The Bertz CT molecular complexity index is 177. The van der Waals surface area contributed by atoms with Crippen LogP contribution in [0.15, 0.2) is 17.0 Å². The van der Waals surface area contributed by atoms with Gasteiger partial charge in [0.25, 0.3) is 0 Å². The summed E-state index contributed by atoms with van der Waals surface area (Å²) in [6, 6.07) is 0. The molecule has 0 unspecified atom stereocenters. The van der Waals surface area contributed by atoms with Crippen molar-refractivity contribution in [2.24, 2.45) is 0 Å². The second kappa shape index (κ2) is 1.87. The summed E-state index contributed by atoms with van der Waals surface area (Å²) in [5, 5.41) is 3.65. The summed E-state index contributed by atoms with van der Waals surface area (Å²) in [4.78, 5) is 0. The van der Waals surface area contributed by atoms with Crippen LogP contribution in [0.5, 0.6) is 0 Å². The first kappa shape index (κ1) is 5.03. The molecular formula is C7H9NO. The van der Waals surface area contributed by atoms with Gasteiger partial charge >= 0.3 is 0 Å². The Hall–Kier alpha value is -0.790. The molecule has 1 saturated carbocycles. The summed E-state index contributed by atoms with van der Waals surface area (Å²) >= 11 is 0. The minimum Gasteiger partial charge on any atom is -0.364 e. The lowest BCUT2D eigenvalue weighted by molar-refractivity contribution is 0.401. The van der Waals surface area contributed by atoms with Crippen molar-refractivity contribution in [3.8, 4) is 0 Å². The van der Waals surface area contributed by atoms with Gasteiger partial charge in [0.15, 0.2) is 0 Å². The van der Waals surface area contributed by atoms with Crippen LogP contribution in [0.4, 0.5) is 0 Å². The molecule has 1 aliphatic carbocycles. The summed E-state index contributed by atoms with van der Waals surface area (Å²) in [6.45, 7) is 0. The highest BCUT2D eigenvalue weighted by Gasteiger charge is 2.20. The molecule has 0 aliphatic heterocycles. The molecule has 2 rings (SSSR count). The lowest BCUT2D eigenvalue weighted by Crippen LogP contribution is -2.07. The van der Waals surface area contributed by atoms with Crippen LogP contribution in [0.1, 0.15) is 30.7 Å². The van der Waals surface area contributed by atoms with Crippen LogP contribution in [0.25, 0.3) is 0 Å². The van der Waals surface area contributed by atoms with Crippen molar-refractivity contribution in [3.05, 3.63) is 18.0 Å². The second-order valence-electron chi connectivity index (χ2n) is 2.59. The van der Waals surface area contributed by atoms with Gasteiger partial charge in [0.1, 0.15) is 6.26 Å². The van der Waals surface area contributed by atoms with E-state index in [0.29, 0.717) is 0 Å². The number of hydrogen-bond acceptors (Lipinski definition) is 2. The molecule has 0 amide bonds. The molecule has 2 heteroatoms. The Morgan fingerprint density at radius 1 is 1.56 bits per heavy atom. The fraction of sp³-hybridized carbons (Fsp3) is 0.571. The van der Waals surface area contributed by atoms with Crippen LogP contribution in [-0.4, -0.2) is 5.16 Å². The Kier molecular flexibility index (Phi) is 1.04. The predicted octanol–water partition coefficient (Wildman–Crippen LogP) is 1.94. The zero-order chi connectivity index (χ0) is 6.10. The smallest absolute Gasteiger partial charge is 0.127 e. The van der Waals surface area contributed by atoms with E-state index < -0.39 is 0 Å². The summed E-state index contributed by atoms with van der Waals surface area (Å²) in [7, 11) is 0. The summed E-state index contributed by atoms with van der Waals surface area (Å²) in [5.74, 6) is 0.760. The van der Waals surface area contributed by atoms with Gasteiger partial charge in [-0.25, -0.2) is 0 Å². The molecular weight excluding hydrogens is 114 g/mol. The van der Waals surface area contributed by atoms with Gasteiger partial charge in [-0.05, 0) is 18.8 Å². The van der Waals surface area contributed by atoms with E-state index in [2.05, 4.69) is 5.16 Å². The lowest BCUT2D eigenvalue weighted by atomic mass is 9.82. The Morgan fingerprint density at radius 3 is 2.89 bits per heavy atom. The van der Waals surface area contributed by atoms with Crippen molar-refractivity contribution >= 4 is 0 Å². The average molecular weight is 123 g/mol. The normalized spacial score (nSPS) is 19.6. The topological polar surface area (TPSA) is 26.0 Å². The molecule has 1 aromatic heterocycles. The number of hydrogen-bond donors (Lipinski definition) is 0. The first-order chi connectivity index (χ1) is 4.47. The van der Waals surface area contributed by atoms with Gasteiger partial charge in [0, 0.05) is 5.56 Å². The van der Waals surface area contributed by atoms with Crippen LogP contribution in [0.2, 0.25) is 0 Å². The van der Waals surface area contributed by atoms with Crippen molar-refractivity contribution in [1.29, 1.82) is 0 Å². The first-order valence-corrected chi connectivity index (χ1v) is 3.36. The van der Waals surface area contributed by atoms with Gasteiger partial charge in [-0.1, -0.05) is 11.6 Å². The summed E-state index contributed by atoms with van der Waals surface area (Å²) < 4.78 is 4.72. The standard InChI is InChI=1S/C7H9NO/c1-2-6(3-1)7-4-8-9-5-7/h4-6H,1-3H2. The van der Waals surface area contributed by atoms with E-state index in [1.165, 1.54) is 24.8 Å². The van der Waals surface area contributed by atoms with Crippen LogP contribution in [0.3, 0.4) is 0 Å². The molecule has 9 heavy (non-hydrogen) atoms. The zero-order valence-electron chi connectivity index (χ0n) is 5.21. The maximum atomic E-state index is 4.72. The minimum absolute atomic E-state index is 0.760. The van der Waals surface area contributed by atoms with Crippen LogP contribution in [-0.2, 0) is 0 Å². The van der Waals surface area contributed by atoms with Crippen LogP contribution in [0, 0.1) is 0 Å². The van der Waals surface area contributed by atoms with E-state index >= 15 is 0 Å². The van der Waals surface area contributed by atoms with Crippen molar-refractivity contribution in [1.82, 2.24) is 5.16 Å². The second-order valence-corrected chi connectivity index (χ2v) is 2.59. The molecule has 2 nitrogen and oxygen atoms in total. The quantitative estimate of drug-likeness (QED) is 0.570. The van der Waals surface area contributed by atoms with Crippen molar-refractivity contribution in [3.63, 3.8) is 0 Å². The minimum atomic E-state index is 0.760. The van der Waals surface area contributed by atoms with Gasteiger partial charge < -0.3 is 4.52 Å². The van der Waals surface area contributed by atoms with E-state index in [1.54, 1.807) is 6.26 Å². The first-order valence-electron chi connectivity index (χ1n) is 3.36. The molecule has 48 valence electrons. The van der Waals surface area contributed by atoms with Gasteiger partial charge in [0.2, 0.25) is 0 Å². The van der Waals surface area contributed by atoms with Crippen molar-refractivity contribution in [2.45, 2.75) is 25.2 Å². The predicted molar refractivity (Wildman–Crippen MR) is 33.1 cm³/mol. The van der Waals surface area contributed by atoms with E-state index in [0.717, 1.165) is 5.92 Å². The molecule has 1 aliphatic rings. The molecule has 0 bridgehead atoms. The molecule has 0 atom stereocenters. The molecule has 0 N–H and O–H groups in total. The maximum Gasteiger partial charge on any atom is 0.127 e. The van der Waals surface area contributed by atoms with Gasteiger partial charge in [-0.2, -0.15) is 0 Å². The molecule has 0 saturated heterocycles. The molecule has 0 radical (unpaired) electrons. The molecule has 0 aromatic carbocycles. The average Bonchev–Trinajstić information content (AvgIpc) is 2.11. The van der Waals surface area contributed by atoms with Crippen molar-refractivity contribution < 1.29 is 4.52 Å². The highest BCUT2D eigenvalue weighted by atomic mass is 16.5. The molecule has 1 fully saturated rings. The molecule has 1 heterocycles. The van der Waals surface area contributed by atoms with E-state index in [-0.39, 0.29) is 0 Å². The van der Waals surface area contributed by atoms with Gasteiger partial charge in [0.05, 0.1) is 6.20 Å². The number of nitrogens with zero attached hydrogens (tertiary/aromatic N) is 1.